The molecule has 1 aromatic heterocycles. The van der Waals surface area contributed by atoms with Crippen LogP contribution in [-0.2, 0) is 9.53 Å². The number of hydrogen-bond acceptors (Lipinski definition) is 7. The van der Waals surface area contributed by atoms with Gasteiger partial charge in [0.2, 0.25) is 5.91 Å². The normalized spacial score (nSPS) is 11.7. The van der Waals surface area contributed by atoms with Crippen LogP contribution in [-0.4, -0.2) is 78.6 Å². The van der Waals surface area contributed by atoms with Crippen LogP contribution in [0, 0.1) is 0 Å². The van der Waals surface area contributed by atoms with Crippen molar-refractivity contribution in [1.29, 1.82) is 0 Å². The Morgan fingerprint density at radius 2 is 1.66 bits per heavy atom. The molecule has 0 saturated heterocycles. The second-order valence-electron chi connectivity index (χ2n) is 9.00. The molecule has 0 radical (unpaired) electrons. The van der Waals surface area contributed by atoms with E-state index in [1.54, 1.807) is 30.1 Å². The SMILES string of the molecule is CN(C)CC(=O)N(C)c1ccc(N=C(c2ccccc2)c2c(O)[nH]c3cc(C(=O)OCCO)ccc23)cc1. The number of ether oxygens (including phenoxy) is 1. The highest BCUT2D eigenvalue weighted by atomic mass is 16.5. The number of amides is 1. The second kappa shape index (κ2) is 11.7. The molecule has 0 aliphatic rings. The Morgan fingerprint density at radius 3 is 2.32 bits per heavy atom. The van der Waals surface area contributed by atoms with Crippen LogP contribution in [0.4, 0.5) is 11.4 Å². The summed E-state index contributed by atoms with van der Waals surface area (Å²) < 4.78 is 5.00. The van der Waals surface area contributed by atoms with Crippen LogP contribution in [0.3, 0.4) is 0 Å². The quantitative estimate of drug-likeness (QED) is 0.231. The van der Waals surface area contributed by atoms with Gasteiger partial charge in [0.1, 0.15) is 6.61 Å². The van der Waals surface area contributed by atoms with Gasteiger partial charge in [-0.25, -0.2) is 9.79 Å². The summed E-state index contributed by atoms with van der Waals surface area (Å²) in [4.78, 5) is 35.9. The van der Waals surface area contributed by atoms with Crippen LogP contribution < -0.4 is 4.90 Å². The van der Waals surface area contributed by atoms with Crippen molar-refractivity contribution in [1.82, 2.24) is 9.88 Å². The van der Waals surface area contributed by atoms with E-state index >= 15 is 0 Å². The Morgan fingerprint density at radius 1 is 0.947 bits per heavy atom. The molecule has 9 heteroatoms. The molecule has 0 bridgehead atoms. The van der Waals surface area contributed by atoms with Crippen molar-refractivity contribution in [3.05, 3.63) is 89.5 Å². The van der Waals surface area contributed by atoms with E-state index in [1.165, 1.54) is 0 Å². The number of aliphatic hydroxyl groups is 1. The molecule has 1 heterocycles. The fourth-order valence-electron chi connectivity index (χ4n) is 4.03. The van der Waals surface area contributed by atoms with Crippen molar-refractivity contribution >= 4 is 39.9 Å². The predicted molar refractivity (Wildman–Crippen MR) is 147 cm³/mol. The van der Waals surface area contributed by atoms with E-state index in [1.807, 2.05) is 73.6 Å². The minimum Gasteiger partial charge on any atom is -0.494 e. The largest absolute Gasteiger partial charge is 0.494 e. The van der Waals surface area contributed by atoms with Crippen molar-refractivity contribution in [2.45, 2.75) is 0 Å². The number of esters is 1. The zero-order valence-electron chi connectivity index (χ0n) is 21.5. The summed E-state index contributed by atoms with van der Waals surface area (Å²) >= 11 is 0. The van der Waals surface area contributed by atoms with Crippen LogP contribution in [0.15, 0.2) is 77.8 Å². The Hall–Kier alpha value is -4.47. The van der Waals surface area contributed by atoms with E-state index < -0.39 is 5.97 Å². The molecule has 4 aromatic rings. The second-order valence-corrected chi connectivity index (χ2v) is 9.00. The van der Waals surface area contributed by atoms with Crippen molar-refractivity contribution in [2.75, 3.05) is 45.8 Å². The third kappa shape index (κ3) is 5.91. The summed E-state index contributed by atoms with van der Waals surface area (Å²) in [5.74, 6) is -0.684. The predicted octanol–water partition coefficient (Wildman–Crippen LogP) is 3.72. The maximum absolute atomic E-state index is 12.4. The molecule has 3 N–H and O–H groups in total. The highest BCUT2D eigenvalue weighted by Crippen LogP contribution is 2.32. The number of aromatic amines is 1. The van der Waals surface area contributed by atoms with Gasteiger partial charge in [-0.3, -0.25) is 4.79 Å². The van der Waals surface area contributed by atoms with Gasteiger partial charge in [0.15, 0.2) is 5.88 Å². The van der Waals surface area contributed by atoms with Crippen LogP contribution in [0.25, 0.3) is 10.9 Å². The van der Waals surface area contributed by atoms with Gasteiger partial charge in [0, 0.05) is 29.2 Å². The lowest BCUT2D eigenvalue weighted by molar-refractivity contribution is -0.118. The lowest BCUT2D eigenvalue weighted by atomic mass is 10.00. The number of aromatic hydroxyl groups is 1. The van der Waals surface area contributed by atoms with Gasteiger partial charge in [-0.15, -0.1) is 0 Å². The molecular weight excluding hydrogens is 484 g/mol. The molecular formula is C29H30N4O5. The number of carbonyl (C=O) groups excluding carboxylic acids is 2. The number of aliphatic imine (C=N–C) groups is 1. The maximum Gasteiger partial charge on any atom is 0.338 e. The average molecular weight is 515 g/mol. The number of rotatable bonds is 9. The van der Waals surface area contributed by atoms with Crippen molar-refractivity contribution in [3.63, 3.8) is 0 Å². The lowest BCUT2D eigenvalue weighted by Gasteiger charge is -2.19. The van der Waals surface area contributed by atoms with E-state index in [0.717, 1.165) is 11.3 Å². The third-order valence-corrected chi connectivity index (χ3v) is 5.93. The molecule has 0 saturated carbocycles. The van der Waals surface area contributed by atoms with Crippen molar-refractivity contribution in [2.24, 2.45) is 4.99 Å². The number of fused-ring (bicyclic) bond motifs is 1. The molecule has 0 fully saturated rings. The van der Waals surface area contributed by atoms with Crippen LogP contribution >= 0.6 is 0 Å². The standard InChI is InChI=1S/C29H30N4O5/c1-32(2)18-25(35)33(3)22-12-10-21(11-13-22)30-27(19-7-5-4-6-8-19)26-23-14-9-20(29(37)38-16-15-34)17-24(23)31-28(26)36/h4-14,17,31,34,36H,15-16,18H2,1-3H3. The average Bonchev–Trinajstić information content (AvgIpc) is 3.25. The monoisotopic (exact) mass is 514 g/mol. The summed E-state index contributed by atoms with van der Waals surface area (Å²) in [6.45, 7) is -0.0570. The first-order valence-electron chi connectivity index (χ1n) is 12.1. The van der Waals surface area contributed by atoms with E-state index in [9.17, 15) is 14.7 Å². The van der Waals surface area contributed by atoms with Crippen LogP contribution in [0.1, 0.15) is 21.5 Å². The molecule has 4 rings (SSSR count). The fraction of sp³-hybridized carbons (Fsp3) is 0.207. The first-order chi connectivity index (χ1) is 18.3. The minimum atomic E-state index is -0.567. The summed E-state index contributed by atoms with van der Waals surface area (Å²) in [6.07, 6.45) is 0. The molecule has 0 unspecified atom stereocenters. The van der Waals surface area contributed by atoms with Gasteiger partial charge in [-0.2, -0.15) is 0 Å². The summed E-state index contributed by atoms with van der Waals surface area (Å²) in [5, 5.41) is 20.5. The number of nitrogens with one attached hydrogen (secondary N) is 1. The number of aliphatic hydroxyl groups excluding tert-OH is 1. The first-order valence-corrected chi connectivity index (χ1v) is 12.1. The topological polar surface area (TPSA) is 118 Å². The van der Waals surface area contributed by atoms with E-state index in [4.69, 9.17) is 14.8 Å². The van der Waals surface area contributed by atoms with Crippen molar-refractivity contribution < 1.29 is 24.5 Å². The highest BCUT2D eigenvalue weighted by Gasteiger charge is 2.20. The Balaban J connectivity index is 1.74. The van der Waals surface area contributed by atoms with Crippen LogP contribution in [0.5, 0.6) is 5.88 Å². The van der Waals surface area contributed by atoms with Gasteiger partial charge in [-0.05, 0) is 50.5 Å². The van der Waals surface area contributed by atoms with Gasteiger partial charge in [0.05, 0.1) is 35.7 Å². The number of nitrogens with zero attached hydrogens (tertiary/aromatic N) is 3. The Kier molecular flexibility index (Phi) is 8.20. The molecule has 1 amide bonds. The zero-order chi connectivity index (χ0) is 27.2. The number of anilines is 1. The van der Waals surface area contributed by atoms with Gasteiger partial charge in [-0.1, -0.05) is 36.4 Å². The number of H-pyrrole nitrogens is 1. The fourth-order valence-corrected chi connectivity index (χ4v) is 4.03. The molecule has 0 aliphatic heterocycles. The number of benzene rings is 3. The zero-order valence-corrected chi connectivity index (χ0v) is 21.5. The van der Waals surface area contributed by atoms with Gasteiger partial charge < -0.3 is 29.7 Å². The number of aromatic nitrogens is 1. The number of carbonyl (C=O) groups is 2. The summed E-state index contributed by atoms with van der Waals surface area (Å²) in [7, 11) is 5.43. The summed E-state index contributed by atoms with van der Waals surface area (Å²) in [5.41, 5.74) is 4.03. The van der Waals surface area contributed by atoms with E-state index in [0.29, 0.717) is 40.0 Å². The Labute approximate surface area is 220 Å². The summed E-state index contributed by atoms with van der Waals surface area (Å²) in [6, 6.07) is 21.7. The Bertz CT molecular complexity index is 1460. The van der Waals surface area contributed by atoms with Crippen molar-refractivity contribution in [3.8, 4) is 5.88 Å². The molecule has 196 valence electrons. The van der Waals surface area contributed by atoms with Crippen LogP contribution in [0.2, 0.25) is 0 Å². The lowest BCUT2D eigenvalue weighted by Crippen LogP contribution is -2.34. The first kappa shape index (κ1) is 26.6. The third-order valence-electron chi connectivity index (χ3n) is 5.93. The number of likely N-dealkylation sites (N-methyl/N-ethyl adjacent to an activating group) is 2. The van der Waals surface area contributed by atoms with Gasteiger partial charge in [0.25, 0.3) is 0 Å². The smallest absolute Gasteiger partial charge is 0.338 e. The molecule has 3 aromatic carbocycles. The minimum absolute atomic E-state index is 0.0282. The molecule has 38 heavy (non-hydrogen) atoms. The highest BCUT2D eigenvalue weighted by molar-refractivity contribution is 6.22. The number of hydrogen-bond donors (Lipinski definition) is 3. The molecule has 0 atom stereocenters. The maximum atomic E-state index is 12.4. The molecule has 9 nitrogen and oxygen atoms in total. The van der Waals surface area contributed by atoms with Gasteiger partial charge >= 0.3 is 5.97 Å². The molecule has 0 spiro atoms. The molecule has 0 aliphatic carbocycles. The van der Waals surface area contributed by atoms with E-state index in [-0.39, 0.29) is 25.0 Å². The van der Waals surface area contributed by atoms with E-state index in [2.05, 4.69) is 4.98 Å².